The van der Waals surface area contributed by atoms with Gasteiger partial charge in [0, 0.05) is 32.7 Å². The molecule has 1 aromatic carbocycles. The van der Waals surface area contributed by atoms with E-state index in [2.05, 4.69) is 35.2 Å². The Bertz CT molecular complexity index is 509. The minimum absolute atomic E-state index is 0.128. The topological polar surface area (TPSA) is 32.8 Å². The summed E-state index contributed by atoms with van der Waals surface area (Å²) in [7, 11) is 0. The molecule has 22 heavy (non-hydrogen) atoms. The number of carbonyl (C=O) groups excluding carboxylic acids is 1. The zero-order valence-electron chi connectivity index (χ0n) is 13.6. The molecule has 0 radical (unpaired) electrons. The average Bonchev–Trinajstić information content (AvgIpc) is 2.54. The van der Waals surface area contributed by atoms with Crippen LogP contribution in [-0.4, -0.2) is 53.6 Å². The van der Waals surface area contributed by atoms with Crippen LogP contribution in [0.15, 0.2) is 30.3 Å². The number of likely N-dealkylation sites (tertiary alicyclic amines) is 1. The molecule has 4 nitrogen and oxygen atoms in total. The molecule has 1 aromatic rings. The van der Waals surface area contributed by atoms with Crippen LogP contribution in [0.5, 0.6) is 0 Å². The minimum Gasteiger partial charge on any atom is -0.360 e. The highest BCUT2D eigenvalue weighted by atomic mass is 16.5. The Morgan fingerprint density at radius 1 is 1.23 bits per heavy atom. The zero-order valence-corrected chi connectivity index (χ0v) is 13.6. The summed E-state index contributed by atoms with van der Waals surface area (Å²) >= 11 is 0. The van der Waals surface area contributed by atoms with E-state index in [1.165, 1.54) is 5.56 Å². The molecule has 3 rings (SSSR count). The number of nitrogens with zero attached hydrogens (tertiary/aromatic N) is 2. The van der Waals surface area contributed by atoms with Crippen LogP contribution in [0, 0.1) is 0 Å². The summed E-state index contributed by atoms with van der Waals surface area (Å²) in [6.45, 7) is 8.55. The summed E-state index contributed by atoms with van der Waals surface area (Å²) in [5, 5.41) is 0. The lowest BCUT2D eigenvalue weighted by molar-refractivity contribution is -0.189. The van der Waals surface area contributed by atoms with Crippen molar-refractivity contribution in [3.05, 3.63) is 35.9 Å². The molecule has 4 heteroatoms. The Hall–Kier alpha value is -1.39. The van der Waals surface area contributed by atoms with Crippen molar-refractivity contribution in [1.82, 2.24) is 9.80 Å². The first-order chi connectivity index (χ1) is 10.6. The van der Waals surface area contributed by atoms with E-state index in [-0.39, 0.29) is 17.6 Å². The van der Waals surface area contributed by atoms with E-state index >= 15 is 0 Å². The fourth-order valence-corrected chi connectivity index (χ4v) is 3.65. The van der Waals surface area contributed by atoms with Crippen molar-refractivity contribution in [1.29, 1.82) is 0 Å². The Morgan fingerprint density at radius 3 is 2.55 bits per heavy atom. The number of hydrogen-bond acceptors (Lipinski definition) is 3. The predicted octanol–water partition coefficient (Wildman–Crippen LogP) is 2.29. The third kappa shape index (κ3) is 3.18. The van der Waals surface area contributed by atoms with Crippen LogP contribution >= 0.6 is 0 Å². The molecule has 0 saturated carbocycles. The summed E-state index contributed by atoms with van der Waals surface area (Å²) in [5.41, 5.74) is 1.23. The largest absolute Gasteiger partial charge is 0.360 e. The maximum atomic E-state index is 12.1. The smallest absolute Gasteiger partial charge is 0.251 e. The van der Waals surface area contributed by atoms with Crippen molar-refractivity contribution in [3.8, 4) is 0 Å². The first-order valence-corrected chi connectivity index (χ1v) is 8.35. The first kappa shape index (κ1) is 15.5. The number of carbonyl (C=O) groups is 1. The average molecular weight is 302 g/mol. The van der Waals surface area contributed by atoms with Crippen molar-refractivity contribution in [2.45, 2.75) is 44.9 Å². The molecule has 1 spiro atoms. The summed E-state index contributed by atoms with van der Waals surface area (Å²) in [4.78, 5) is 16.5. The van der Waals surface area contributed by atoms with Crippen LogP contribution in [0.2, 0.25) is 0 Å². The number of rotatable bonds is 3. The summed E-state index contributed by atoms with van der Waals surface area (Å²) in [6.07, 6.45) is 1.72. The monoisotopic (exact) mass is 302 g/mol. The van der Waals surface area contributed by atoms with Crippen molar-refractivity contribution >= 4 is 5.91 Å². The lowest BCUT2D eigenvalue weighted by atomic mass is 9.88. The van der Waals surface area contributed by atoms with Gasteiger partial charge in [-0.3, -0.25) is 9.69 Å². The van der Waals surface area contributed by atoms with E-state index in [0.29, 0.717) is 0 Å². The SMILES string of the molecule is CCN1CC2(CCN(Cc3ccccc3)CC2)O[C@H](C)C1=O. The van der Waals surface area contributed by atoms with Gasteiger partial charge in [-0.2, -0.15) is 0 Å². The van der Waals surface area contributed by atoms with E-state index in [0.717, 1.165) is 45.6 Å². The molecule has 2 aliphatic rings. The van der Waals surface area contributed by atoms with Gasteiger partial charge in [0.25, 0.3) is 5.91 Å². The van der Waals surface area contributed by atoms with Crippen LogP contribution in [0.25, 0.3) is 0 Å². The van der Waals surface area contributed by atoms with Crippen molar-refractivity contribution in [2.75, 3.05) is 26.2 Å². The number of ether oxygens (including phenoxy) is 1. The van der Waals surface area contributed by atoms with Crippen molar-refractivity contribution < 1.29 is 9.53 Å². The highest BCUT2D eigenvalue weighted by Gasteiger charge is 2.44. The second kappa shape index (κ2) is 6.39. The standard InChI is InChI=1S/C18H26N2O2/c1-3-20-14-18(22-15(2)17(20)21)9-11-19(12-10-18)13-16-7-5-4-6-8-16/h4-8,15H,3,9-14H2,1-2H3/t15-/m1/s1. The number of likely N-dealkylation sites (N-methyl/N-ethyl adjacent to an activating group) is 1. The Morgan fingerprint density at radius 2 is 1.91 bits per heavy atom. The maximum absolute atomic E-state index is 12.1. The lowest BCUT2D eigenvalue weighted by Gasteiger charge is -2.49. The summed E-state index contributed by atoms with van der Waals surface area (Å²) in [5.74, 6) is 0.139. The number of piperidine rings is 1. The summed E-state index contributed by atoms with van der Waals surface area (Å²) in [6, 6.07) is 10.6. The molecule has 1 amide bonds. The second-order valence-electron chi connectivity index (χ2n) is 6.56. The Kier molecular flexibility index (Phi) is 4.50. The third-order valence-corrected chi connectivity index (χ3v) is 4.96. The highest BCUT2D eigenvalue weighted by Crippen LogP contribution is 2.33. The molecule has 2 saturated heterocycles. The van der Waals surface area contributed by atoms with Gasteiger partial charge < -0.3 is 9.64 Å². The molecular formula is C18H26N2O2. The number of amides is 1. The molecule has 2 fully saturated rings. The summed E-state index contributed by atoms with van der Waals surface area (Å²) < 4.78 is 6.14. The number of benzene rings is 1. The normalized spacial score (nSPS) is 25.6. The van der Waals surface area contributed by atoms with Gasteiger partial charge in [-0.15, -0.1) is 0 Å². The fourth-order valence-electron chi connectivity index (χ4n) is 3.65. The van der Waals surface area contributed by atoms with E-state index in [9.17, 15) is 4.79 Å². The highest BCUT2D eigenvalue weighted by molar-refractivity contribution is 5.81. The van der Waals surface area contributed by atoms with Crippen LogP contribution in [0.1, 0.15) is 32.3 Å². The quantitative estimate of drug-likeness (QED) is 0.859. The van der Waals surface area contributed by atoms with Gasteiger partial charge in [0.15, 0.2) is 0 Å². The van der Waals surface area contributed by atoms with Gasteiger partial charge in [0.05, 0.1) is 5.60 Å². The number of hydrogen-bond donors (Lipinski definition) is 0. The van der Waals surface area contributed by atoms with Crippen molar-refractivity contribution in [3.63, 3.8) is 0 Å². The molecular weight excluding hydrogens is 276 g/mol. The van der Waals surface area contributed by atoms with Crippen molar-refractivity contribution in [2.24, 2.45) is 0 Å². The molecule has 1 atom stereocenters. The van der Waals surface area contributed by atoms with Crippen LogP contribution in [0.3, 0.4) is 0 Å². The lowest BCUT2D eigenvalue weighted by Crippen LogP contribution is -2.61. The number of morpholine rings is 1. The second-order valence-corrected chi connectivity index (χ2v) is 6.56. The van der Waals surface area contributed by atoms with Gasteiger partial charge in [0.2, 0.25) is 0 Å². The Balaban J connectivity index is 1.60. The zero-order chi connectivity index (χ0) is 15.6. The molecule has 0 unspecified atom stereocenters. The van der Waals surface area contributed by atoms with E-state index in [1.54, 1.807) is 0 Å². The molecule has 0 N–H and O–H groups in total. The molecule has 120 valence electrons. The van der Waals surface area contributed by atoms with Gasteiger partial charge >= 0.3 is 0 Å². The Labute approximate surface area is 133 Å². The fraction of sp³-hybridized carbons (Fsp3) is 0.611. The van der Waals surface area contributed by atoms with E-state index in [4.69, 9.17) is 4.74 Å². The van der Waals surface area contributed by atoms with E-state index < -0.39 is 0 Å². The van der Waals surface area contributed by atoms with Crippen LogP contribution in [0.4, 0.5) is 0 Å². The molecule has 0 bridgehead atoms. The van der Waals surface area contributed by atoms with Gasteiger partial charge in [0.1, 0.15) is 6.10 Å². The third-order valence-electron chi connectivity index (χ3n) is 4.96. The molecule has 0 aromatic heterocycles. The van der Waals surface area contributed by atoms with Gasteiger partial charge in [-0.25, -0.2) is 0 Å². The van der Waals surface area contributed by atoms with E-state index in [1.807, 2.05) is 18.7 Å². The predicted molar refractivity (Wildman–Crippen MR) is 86.5 cm³/mol. The van der Waals surface area contributed by atoms with Gasteiger partial charge in [-0.05, 0) is 32.3 Å². The molecule has 2 aliphatic heterocycles. The molecule has 0 aliphatic carbocycles. The molecule has 2 heterocycles. The maximum Gasteiger partial charge on any atom is 0.251 e. The van der Waals surface area contributed by atoms with Crippen LogP contribution < -0.4 is 0 Å². The van der Waals surface area contributed by atoms with Gasteiger partial charge in [-0.1, -0.05) is 30.3 Å². The first-order valence-electron chi connectivity index (χ1n) is 8.35. The van der Waals surface area contributed by atoms with Crippen LogP contribution in [-0.2, 0) is 16.1 Å². The minimum atomic E-state index is -0.297.